The fraction of sp³-hybridized carbons (Fsp3) is 0.158. The van der Waals surface area contributed by atoms with Crippen LogP contribution in [0.5, 0.6) is 0 Å². The minimum atomic E-state index is -1.10. The lowest BCUT2D eigenvalue weighted by Gasteiger charge is -2.33. The van der Waals surface area contributed by atoms with Crippen LogP contribution >= 0.6 is 0 Å². The average Bonchev–Trinajstić information content (AvgIpc) is 2.62. The van der Waals surface area contributed by atoms with Crippen molar-refractivity contribution in [2.45, 2.75) is 13.0 Å². The molecule has 1 aliphatic rings. The van der Waals surface area contributed by atoms with Crippen molar-refractivity contribution in [2.75, 3.05) is 12.4 Å². The summed E-state index contributed by atoms with van der Waals surface area (Å²) in [5, 5.41) is 5.13. The standard InChI is InChI=1S/C19H16F3N3O2/c1-10-16(18(26)23-13-6-7-14(21)15(22)9-13)17(24-19(27)25(10)2)11-4-3-5-12(20)8-11/h3-9,17H,1-2H3,(H,23,26)(H,24,27)/t17-/m1/s1. The maximum atomic E-state index is 13.6. The highest BCUT2D eigenvalue weighted by Crippen LogP contribution is 2.31. The number of anilines is 1. The highest BCUT2D eigenvalue weighted by molar-refractivity contribution is 6.06. The highest BCUT2D eigenvalue weighted by atomic mass is 19.2. The van der Waals surface area contributed by atoms with Crippen LogP contribution < -0.4 is 10.6 Å². The summed E-state index contributed by atoms with van der Waals surface area (Å²) in [4.78, 5) is 26.2. The summed E-state index contributed by atoms with van der Waals surface area (Å²) in [5.41, 5.74) is 0.948. The molecule has 2 aromatic rings. The Labute approximate surface area is 153 Å². The van der Waals surface area contributed by atoms with Gasteiger partial charge in [0.15, 0.2) is 11.6 Å². The molecule has 140 valence electrons. The molecule has 0 spiro atoms. The molecule has 2 N–H and O–H groups in total. The maximum Gasteiger partial charge on any atom is 0.322 e. The smallest absolute Gasteiger partial charge is 0.322 e. The normalized spacial score (nSPS) is 17.0. The average molecular weight is 375 g/mol. The van der Waals surface area contributed by atoms with Crippen molar-refractivity contribution >= 4 is 17.6 Å². The second-order valence-corrected chi connectivity index (χ2v) is 6.08. The van der Waals surface area contributed by atoms with E-state index in [1.165, 1.54) is 36.2 Å². The lowest BCUT2D eigenvalue weighted by atomic mass is 9.94. The van der Waals surface area contributed by atoms with Crippen molar-refractivity contribution < 1.29 is 22.8 Å². The van der Waals surface area contributed by atoms with Crippen LogP contribution in [0.3, 0.4) is 0 Å². The Morgan fingerprint density at radius 3 is 2.52 bits per heavy atom. The Kier molecular flexibility index (Phi) is 4.89. The van der Waals surface area contributed by atoms with E-state index in [2.05, 4.69) is 10.6 Å². The quantitative estimate of drug-likeness (QED) is 0.859. The van der Waals surface area contributed by atoms with E-state index < -0.39 is 35.4 Å². The van der Waals surface area contributed by atoms with Gasteiger partial charge in [-0.15, -0.1) is 0 Å². The summed E-state index contributed by atoms with van der Waals surface area (Å²) >= 11 is 0. The Balaban J connectivity index is 2.00. The van der Waals surface area contributed by atoms with Crippen LogP contribution in [0.15, 0.2) is 53.7 Å². The number of halogens is 3. The van der Waals surface area contributed by atoms with Crippen LogP contribution in [0.2, 0.25) is 0 Å². The first-order chi connectivity index (χ1) is 12.8. The van der Waals surface area contributed by atoms with Crippen LogP contribution in [0, 0.1) is 17.5 Å². The molecule has 1 atom stereocenters. The van der Waals surface area contributed by atoms with E-state index in [-0.39, 0.29) is 11.3 Å². The summed E-state index contributed by atoms with van der Waals surface area (Å²) in [7, 11) is 1.48. The van der Waals surface area contributed by atoms with Gasteiger partial charge < -0.3 is 15.5 Å². The van der Waals surface area contributed by atoms with Crippen LogP contribution in [0.25, 0.3) is 0 Å². The van der Waals surface area contributed by atoms with E-state index in [1.54, 1.807) is 13.0 Å². The molecule has 0 aliphatic carbocycles. The van der Waals surface area contributed by atoms with E-state index in [9.17, 15) is 22.8 Å². The third-order valence-corrected chi connectivity index (χ3v) is 4.36. The Morgan fingerprint density at radius 2 is 1.85 bits per heavy atom. The number of carbonyl (C=O) groups is 2. The monoisotopic (exact) mass is 375 g/mol. The van der Waals surface area contributed by atoms with Gasteiger partial charge in [0.05, 0.1) is 11.6 Å². The van der Waals surface area contributed by atoms with Gasteiger partial charge in [-0.2, -0.15) is 0 Å². The Bertz CT molecular complexity index is 959. The van der Waals surface area contributed by atoms with Crippen LogP contribution in [0.1, 0.15) is 18.5 Å². The first-order valence-corrected chi connectivity index (χ1v) is 8.05. The van der Waals surface area contributed by atoms with Crippen LogP contribution in [-0.4, -0.2) is 23.9 Å². The lowest BCUT2D eigenvalue weighted by Crippen LogP contribution is -2.46. The number of benzene rings is 2. The molecular weight excluding hydrogens is 359 g/mol. The molecule has 8 heteroatoms. The van der Waals surface area contributed by atoms with Crippen molar-refractivity contribution in [3.8, 4) is 0 Å². The molecule has 3 rings (SSSR count). The molecule has 3 amide bonds. The number of nitrogens with zero attached hydrogens (tertiary/aromatic N) is 1. The van der Waals surface area contributed by atoms with Crippen LogP contribution in [-0.2, 0) is 4.79 Å². The Hall–Kier alpha value is -3.29. The third kappa shape index (κ3) is 3.64. The number of urea groups is 1. The van der Waals surface area contributed by atoms with Gasteiger partial charge in [-0.1, -0.05) is 12.1 Å². The highest BCUT2D eigenvalue weighted by Gasteiger charge is 2.34. The predicted octanol–water partition coefficient (Wildman–Crippen LogP) is 3.71. The molecule has 1 heterocycles. The maximum absolute atomic E-state index is 13.6. The number of hydrogen-bond acceptors (Lipinski definition) is 2. The molecule has 0 bridgehead atoms. The fourth-order valence-corrected chi connectivity index (χ4v) is 2.84. The second kappa shape index (κ2) is 7.14. The molecular formula is C19H16F3N3O2. The molecule has 0 saturated carbocycles. The summed E-state index contributed by atoms with van der Waals surface area (Å²) in [6.07, 6.45) is 0. The SMILES string of the molecule is CC1=C(C(=O)Nc2ccc(F)c(F)c2)[C@@H](c2cccc(F)c2)NC(=O)N1C. The molecule has 27 heavy (non-hydrogen) atoms. The fourth-order valence-electron chi connectivity index (χ4n) is 2.84. The lowest BCUT2D eigenvalue weighted by molar-refractivity contribution is -0.113. The minimum Gasteiger partial charge on any atom is -0.327 e. The number of rotatable bonds is 3. The first-order valence-electron chi connectivity index (χ1n) is 8.05. The molecule has 1 aliphatic heterocycles. The van der Waals surface area contributed by atoms with Crippen molar-refractivity contribution in [3.63, 3.8) is 0 Å². The van der Waals surface area contributed by atoms with E-state index in [4.69, 9.17) is 0 Å². The van der Waals surface area contributed by atoms with Gasteiger partial charge in [0.1, 0.15) is 5.82 Å². The van der Waals surface area contributed by atoms with Gasteiger partial charge in [0, 0.05) is 24.5 Å². The van der Waals surface area contributed by atoms with Crippen LogP contribution in [0.4, 0.5) is 23.7 Å². The predicted molar refractivity (Wildman–Crippen MR) is 93.1 cm³/mol. The minimum absolute atomic E-state index is 0.0525. The number of hydrogen-bond donors (Lipinski definition) is 2. The number of nitrogens with one attached hydrogen (secondary N) is 2. The number of allylic oxidation sites excluding steroid dienone is 1. The third-order valence-electron chi connectivity index (χ3n) is 4.36. The van der Waals surface area contributed by atoms with Gasteiger partial charge in [-0.3, -0.25) is 4.79 Å². The van der Waals surface area contributed by atoms with E-state index in [0.717, 1.165) is 12.1 Å². The number of amides is 3. The van der Waals surface area contributed by atoms with Gasteiger partial charge >= 0.3 is 6.03 Å². The van der Waals surface area contributed by atoms with Gasteiger partial charge in [0.2, 0.25) is 0 Å². The number of carbonyl (C=O) groups excluding carboxylic acids is 2. The molecule has 0 saturated heterocycles. The molecule has 0 radical (unpaired) electrons. The van der Waals surface area contributed by atoms with Crippen molar-refractivity contribution in [1.82, 2.24) is 10.2 Å². The largest absolute Gasteiger partial charge is 0.327 e. The Morgan fingerprint density at radius 1 is 1.11 bits per heavy atom. The second-order valence-electron chi connectivity index (χ2n) is 6.08. The van der Waals surface area contributed by atoms with Crippen molar-refractivity contribution in [2.24, 2.45) is 0 Å². The summed E-state index contributed by atoms with van der Waals surface area (Å²) < 4.78 is 40.1. The molecule has 0 fully saturated rings. The molecule has 0 aromatic heterocycles. The van der Waals surface area contributed by atoms with Crippen molar-refractivity contribution in [1.29, 1.82) is 0 Å². The van der Waals surface area contributed by atoms with Crippen molar-refractivity contribution in [3.05, 3.63) is 76.7 Å². The van der Waals surface area contributed by atoms with Gasteiger partial charge in [-0.05, 0) is 36.8 Å². The van der Waals surface area contributed by atoms with E-state index >= 15 is 0 Å². The van der Waals surface area contributed by atoms with Gasteiger partial charge in [-0.25, -0.2) is 18.0 Å². The summed E-state index contributed by atoms with van der Waals surface area (Å²) in [6.45, 7) is 1.57. The zero-order chi connectivity index (χ0) is 19.7. The van der Waals surface area contributed by atoms with E-state index in [0.29, 0.717) is 11.3 Å². The summed E-state index contributed by atoms with van der Waals surface area (Å²) in [5.74, 6) is -3.28. The molecule has 0 unspecified atom stereocenters. The first kappa shape index (κ1) is 18.5. The molecule has 2 aromatic carbocycles. The van der Waals surface area contributed by atoms with Gasteiger partial charge in [0.25, 0.3) is 5.91 Å². The summed E-state index contributed by atoms with van der Waals surface area (Å²) in [6, 6.07) is 7.13. The molecule has 5 nitrogen and oxygen atoms in total. The zero-order valence-corrected chi connectivity index (χ0v) is 14.5. The topological polar surface area (TPSA) is 61.4 Å². The zero-order valence-electron chi connectivity index (χ0n) is 14.5. The van der Waals surface area contributed by atoms with E-state index in [1.807, 2.05) is 0 Å².